The van der Waals surface area contributed by atoms with E-state index >= 15 is 0 Å². The van der Waals surface area contributed by atoms with E-state index in [1.807, 2.05) is 0 Å². The molecule has 0 bridgehead atoms. The highest BCUT2D eigenvalue weighted by Crippen LogP contribution is 3.04. The molecule has 1 N–H and O–H groups in total. The molecule has 2 nitrogen and oxygen atoms in total. The molecule has 1 heterocycles. The fourth-order valence-corrected chi connectivity index (χ4v) is 3.52. The number of rotatable bonds is 1. The van der Waals surface area contributed by atoms with Crippen LogP contribution in [0, 0.1) is 17.5 Å². The minimum absolute atomic E-state index is 0.930. The monoisotopic (exact) mass is 323 g/mol. The van der Waals surface area contributed by atoms with Crippen LogP contribution in [0.4, 0.5) is 39.2 Å². The Morgan fingerprint density at radius 1 is 0.950 bits per heavy atom. The van der Waals surface area contributed by atoms with E-state index in [-0.39, 0.29) is 0 Å². The SMILES string of the molecule is CC(C)c1c(F)c(F)c(F)c2c1NC(=O)S2(F)(F)(F)F. The first-order chi connectivity index (χ1) is 8.72. The Hall–Kier alpha value is -1.45. The van der Waals surface area contributed by atoms with Gasteiger partial charge in [-0.05, 0) is 5.92 Å². The number of nitrogens with one attached hydrogen (secondary N) is 1. The smallest absolute Gasteiger partial charge is 0.310 e. The lowest BCUT2D eigenvalue weighted by Crippen LogP contribution is -2.23. The molecule has 20 heavy (non-hydrogen) atoms. The van der Waals surface area contributed by atoms with Gasteiger partial charge in [-0.25, -0.2) is 13.2 Å². The van der Waals surface area contributed by atoms with E-state index in [1.165, 1.54) is 13.8 Å². The number of carbonyl (C=O) groups is 1. The predicted molar refractivity (Wildman–Crippen MR) is 59.7 cm³/mol. The molecule has 114 valence electrons. The summed E-state index contributed by atoms with van der Waals surface area (Å²) in [6, 6.07) is 0. The third-order valence-electron chi connectivity index (χ3n) is 2.91. The van der Waals surface area contributed by atoms with Crippen LogP contribution < -0.4 is 5.32 Å². The Morgan fingerprint density at radius 2 is 1.45 bits per heavy atom. The summed E-state index contributed by atoms with van der Waals surface area (Å²) in [5, 5.41) is -1.94. The maximum atomic E-state index is 13.6. The molecule has 0 atom stereocenters. The van der Waals surface area contributed by atoms with Gasteiger partial charge in [-0.3, -0.25) is 4.79 Å². The van der Waals surface area contributed by atoms with Crippen LogP contribution in [0.5, 0.6) is 0 Å². The Balaban J connectivity index is 3.08. The van der Waals surface area contributed by atoms with Crippen molar-refractivity contribution >= 4 is 20.8 Å². The molecule has 0 aliphatic carbocycles. The normalized spacial score (nSPS) is 25.2. The van der Waals surface area contributed by atoms with Crippen LogP contribution >= 0.6 is 9.84 Å². The van der Waals surface area contributed by atoms with E-state index in [0.29, 0.717) is 0 Å². The second-order valence-electron chi connectivity index (χ2n) is 4.70. The van der Waals surface area contributed by atoms with Crippen molar-refractivity contribution in [3.8, 4) is 0 Å². The van der Waals surface area contributed by atoms with Crippen molar-refractivity contribution in [3.63, 3.8) is 0 Å². The quantitative estimate of drug-likeness (QED) is 0.533. The first kappa shape index (κ1) is 14.9. The number of anilines is 1. The lowest BCUT2D eigenvalue weighted by atomic mass is 10.00. The summed E-state index contributed by atoms with van der Waals surface area (Å²) in [7, 11) is -9.70. The lowest BCUT2D eigenvalue weighted by Gasteiger charge is -2.42. The third-order valence-corrected chi connectivity index (χ3v) is 4.96. The Labute approximate surface area is 108 Å². The molecular weight excluding hydrogens is 315 g/mol. The summed E-state index contributed by atoms with van der Waals surface area (Å²) in [6.45, 7) is 2.38. The molecule has 1 aliphatic rings. The Bertz CT molecular complexity index is 663. The van der Waals surface area contributed by atoms with Gasteiger partial charge in [-0.15, -0.1) is 15.5 Å². The standard InChI is InChI=1S/C10H8F7NOS/c1-3(2)4-5(11)6(12)7(13)9-8(4)18-10(19)20(9,14,15,16)17/h3H,1-2H3,(H,18,19). The molecule has 1 amide bonds. The van der Waals surface area contributed by atoms with Crippen molar-refractivity contribution in [1.29, 1.82) is 0 Å². The largest absolute Gasteiger partial charge is 0.355 e. The van der Waals surface area contributed by atoms with E-state index in [4.69, 9.17) is 0 Å². The molecule has 10 heteroatoms. The molecule has 1 aromatic carbocycles. The van der Waals surface area contributed by atoms with E-state index in [1.54, 1.807) is 0 Å². The Morgan fingerprint density at radius 3 is 1.90 bits per heavy atom. The molecule has 0 fully saturated rings. The van der Waals surface area contributed by atoms with Crippen LogP contribution in [0.15, 0.2) is 4.90 Å². The van der Waals surface area contributed by atoms with Crippen LogP contribution in [0.3, 0.4) is 0 Å². The van der Waals surface area contributed by atoms with Crippen LogP contribution in [0.2, 0.25) is 0 Å². The zero-order valence-electron chi connectivity index (χ0n) is 10.0. The van der Waals surface area contributed by atoms with Crippen molar-refractivity contribution in [2.75, 3.05) is 5.32 Å². The number of hydrogen-bond acceptors (Lipinski definition) is 1. The van der Waals surface area contributed by atoms with Gasteiger partial charge < -0.3 is 5.32 Å². The molecule has 0 saturated carbocycles. The van der Waals surface area contributed by atoms with Gasteiger partial charge in [0.1, 0.15) is 4.90 Å². The zero-order valence-corrected chi connectivity index (χ0v) is 10.9. The molecule has 1 aliphatic heterocycles. The fourth-order valence-electron chi connectivity index (χ4n) is 2.01. The molecule has 0 radical (unpaired) electrons. The average Bonchev–Trinajstić information content (AvgIpc) is 2.39. The van der Waals surface area contributed by atoms with E-state index in [9.17, 15) is 33.5 Å². The van der Waals surface area contributed by atoms with Crippen molar-refractivity contribution in [2.45, 2.75) is 24.7 Å². The maximum absolute atomic E-state index is 13.6. The summed E-state index contributed by atoms with van der Waals surface area (Å²) in [4.78, 5) is 8.31. The van der Waals surface area contributed by atoms with Crippen molar-refractivity contribution in [3.05, 3.63) is 23.0 Å². The van der Waals surface area contributed by atoms with Gasteiger partial charge in [-0.2, -0.15) is 0 Å². The van der Waals surface area contributed by atoms with E-state index in [0.717, 1.165) is 5.32 Å². The van der Waals surface area contributed by atoms with Crippen LogP contribution in [0.1, 0.15) is 25.3 Å². The third kappa shape index (κ3) is 1.57. The summed E-state index contributed by atoms with van der Waals surface area (Å²) in [5.41, 5.74) is -2.32. The van der Waals surface area contributed by atoms with E-state index < -0.39 is 54.6 Å². The van der Waals surface area contributed by atoms with Crippen molar-refractivity contribution in [2.24, 2.45) is 0 Å². The highest BCUT2D eigenvalue weighted by molar-refractivity contribution is 8.61. The minimum Gasteiger partial charge on any atom is -0.310 e. The summed E-state index contributed by atoms with van der Waals surface area (Å²) in [5.74, 6) is -8.13. The number of amides is 1. The van der Waals surface area contributed by atoms with Crippen LogP contribution in [0.25, 0.3) is 0 Å². The highest BCUT2D eigenvalue weighted by atomic mass is 32.5. The van der Waals surface area contributed by atoms with Crippen molar-refractivity contribution < 1.29 is 33.5 Å². The van der Waals surface area contributed by atoms with Gasteiger partial charge >= 0.3 is 5.24 Å². The van der Waals surface area contributed by atoms with Gasteiger partial charge in [0.2, 0.25) is 0 Å². The molecule has 1 aromatic rings. The number of fused-ring (bicyclic) bond motifs is 1. The minimum atomic E-state index is -9.70. The summed E-state index contributed by atoms with van der Waals surface area (Å²) >= 11 is 0. The number of carbonyl (C=O) groups excluding carboxylic acids is 1. The maximum Gasteiger partial charge on any atom is 0.355 e. The number of halogens is 7. The number of hydrogen-bond donors (Lipinski definition) is 1. The second-order valence-corrected chi connectivity index (χ2v) is 7.61. The van der Waals surface area contributed by atoms with Crippen molar-refractivity contribution in [1.82, 2.24) is 0 Å². The number of benzene rings is 1. The Kier molecular flexibility index (Phi) is 2.42. The van der Waals surface area contributed by atoms with Gasteiger partial charge in [0.05, 0.1) is 5.69 Å². The topological polar surface area (TPSA) is 29.1 Å². The average molecular weight is 323 g/mol. The van der Waals surface area contributed by atoms with Gasteiger partial charge in [0, 0.05) is 5.56 Å². The summed E-state index contributed by atoms with van der Waals surface area (Å²) < 4.78 is 94.5. The van der Waals surface area contributed by atoms with Gasteiger partial charge in [0.15, 0.2) is 17.5 Å². The molecule has 0 spiro atoms. The van der Waals surface area contributed by atoms with Crippen LogP contribution in [-0.4, -0.2) is 5.24 Å². The fraction of sp³-hybridized carbons (Fsp3) is 0.300. The molecular formula is C10H8F7NOS. The van der Waals surface area contributed by atoms with Gasteiger partial charge in [0.25, 0.3) is 9.84 Å². The second kappa shape index (κ2) is 3.23. The van der Waals surface area contributed by atoms with Crippen LogP contribution in [-0.2, 0) is 0 Å². The molecule has 0 unspecified atom stereocenters. The summed E-state index contributed by atoms with van der Waals surface area (Å²) in [6.07, 6.45) is 0. The van der Waals surface area contributed by atoms with Gasteiger partial charge in [-0.1, -0.05) is 13.8 Å². The zero-order chi connectivity index (χ0) is 15.7. The first-order valence-corrected chi connectivity index (χ1v) is 7.29. The molecule has 2 rings (SSSR count). The predicted octanol–water partition coefficient (Wildman–Crippen LogP) is 5.55. The molecule has 0 saturated heterocycles. The highest BCUT2D eigenvalue weighted by Gasteiger charge is 2.78. The lowest BCUT2D eigenvalue weighted by molar-refractivity contribution is 0.260. The van der Waals surface area contributed by atoms with E-state index in [2.05, 4.69) is 0 Å². The first-order valence-electron chi connectivity index (χ1n) is 5.24. The molecule has 0 aromatic heterocycles.